The van der Waals surface area contributed by atoms with E-state index in [1.807, 2.05) is 13.0 Å². The molecular weight excluding hydrogens is 442 g/mol. The molecule has 120 valence electrons. The summed E-state index contributed by atoms with van der Waals surface area (Å²) in [5.74, 6) is 0.254. The van der Waals surface area contributed by atoms with Gasteiger partial charge in [-0.2, -0.15) is 0 Å². The van der Waals surface area contributed by atoms with Gasteiger partial charge in [0, 0.05) is 20.9 Å². The quantitative estimate of drug-likeness (QED) is 0.730. The van der Waals surface area contributed by atoms with Crippen molar-refractivity contribution in [2.75, 3.05) is 7.05 Å². The highest BCUT2D eigenvalue weighted by atomic mass is 79.9. The molecule has 0 saturated heterocycles. The Hall–Kier alpha value is -1.18. The maximum atomic E-state index is 12.1. The average Bonchev–Trinajstić information content (AvgIpc) is 2.94. The van der Waals surface area contributed by atoms with Crippen LogP contribution in [0.2, 0.25) is 0 Å². The molecule has 1 atom stereocenters. The van der Waals surface area contributed by atoms with Gasteiger partial charge in [0.2, 0.25) is 5.91 Å². The summed E-state index contributed by atoms with van der Waals surface area (Å²) in [5.41, 5.74) is 7.50. The topological polar surface area (TPSA) is 58.7 Å². The van der Waals surface area contributed by atoms with Gasteiger partial charge in [0.05, 0.1) is 6.42 Å². The third kappa shape index (κ3) is 3.22. The molecular formula is C16H15Br2N3OS. The van der Waals surface area contributed by atoms with Crippen molar-refractivity contribution in [3.8, 4) is 11.1 Å². The number of carbonyl (C=O) groups excluding carboxylic acids is 1. The van der Waals surface area contributed by atoms with Crippen LogP contribution in [-0.2, 0) is 10.3 Å². The van der Waals surface area contributed by atoms with Crippen molar-refractivity contribution >= 4 is 55.1 Å². The van der Waals surface area contributed by atoms with Gasteiger partial charge in [-0.25, -0.2) is 4.99 Å². The first-order valence-corrected chi connectivity index (χ1v) is 9.42. The molecule has 4 nitrogen and oxygen atoms in total. The van der Waals surface area contributed by atoms with Crippen molar-refractivity contribution in [3.05, 3.63) is 43.5 Å². The highest BCUT2D eigenvalue weighted by molar-refractivity contribution is 9.11. The van der Waals surface area contributed by atoms with Gasteiger partial charge < -0.3 is 5.73 Å². The van der Waals surface area contributed by atoms with Crippen LogP contribution in [0.5, 0.6) is 0 Å². The van der Waals surface area contributed by atoms with Gasteiger partial charge in [-0.1, -0.05) is 31.9 Å². The molecule has 0 aliphatic carbocycles. The molecule has 0 saturated carbocycles. The van der Waals surface area contributed by atoms with Gasteiger partial charge in [-0.05, 0) is 47.7 Å². The zero-order valence-corrected chi connectivity index (χ0v) is 16.6. The molecule has 7 heteroatoms. The fourth-order valence-electron chi connectivity index (χ4n) is 2.54. The Kier molecular flexibility index (Phi) is 4.37. The van der Waals surface area contributed by atoms with E-state index in [0.717, 1.165) is 24.9 Å². The van der Waals surface area contributed by atoms with Crippen LogP contribution in [0.1, 0.15) is 18.2 Å². The van der Waals surface area contributed by atoms with Crippen LogP contribution in [0.25, 0.3) is 11.1 Å². The van der Waals surface area contributed by atoms with E-state index in [2.05, 4.69) is 60.4 Å². The lowest BCUT2D eigenvalue weighted by molar-refractivity contribution is -0.128. The number of amides is 1. The molecule has 2 heterocycles. The van der Waals surface area contributed by atoms with Crippen LogP contribution in [-0.4, -0.2) is 23.8 Å². The maximum absolute atomic E-state index is 12.1. The number of nitrogens with two attached hydrogens (primary N) is 1. The second-order valence-corrected chi connectivity index (χ2v) is 8.47. The van der Waals surface area contributed by atoms with E-state index >= 15 is 0 Å². The molecule has 1 aromatic carbocycles. The largest absolute Gasteiger partial charge is 0.369 e. The van der Waals surface area contributed by atoms with Crippen LogP contribution in [0.3, 0.4) is 0 Å². The lowest BCUT2D eigenvalue weighted by Gasteiger charge is -2.32. The number of carbonyl (C=O) groups is 1. The van der Waals surface area contributed by atoms with Gasteiger partial charge in [0.15, 0.2) is 5.96 Å². The monoisotopic (exact) mass is 455 g/mol. The molecule has 3 rings (SSSR count). The van der Waals surface area contributed by atoms with E-state index in [4.69, 9.17) is 5.73 Å². The van der Waals surface area contributed by atoms with Crippen molar-refractivity contribution < 1.29 is 4.79 Å². The van der Waals surface area contributed by atoms with E-state index in [-0.39, 0.29) is 11.9 Å². The first-order chi connectivity index (χ1) is 10.8. The Bertz CT molecular complexity index is 797. The third-order valence-corrected chi connectivity index (χ3v) is 6.00. The minimum Gasteiger partial charge on any atom is -0.369 e. The number of hydrogen-bond acceptors (Lipinski definition) is 4. The fourth-order valence-corrected chi connectivity index (χ4v) is 4.86. The predicted octanol–water partition coefficient (Wildman–Crippen LogP) is 4.33. The summed E-state index contributed by atoms with van der Waals surface area (Å²) in [4.78, 5) is 19.1. The number of rotatable bonds is 2. The molecule has 0 fully saturated rings. The van der Waals surface area contributed by atoms with Gasteiger partial charge in [-0.15, -0.1) is 11.3 Å². The molecule has 1 amide bonds. The van der Waals surface area contributed by atoms with Crippen molar-refractivity contribution in [1.82, 2.24) is 4.90 Å². The van der Waals surface area contributed by atoms with Crippen LogP contribution in [0.15, 0.2) is 43.6 Å². The number of hydrogen-bond donors (Lipinski definition) is 1. The molecule has 1 aromatic heterocycles. The second-order valence-electron chi connectivity index (χ2n) is 5.73. The first-order valence-electron chi connectivity index (χ1n) is 6.96. The van der Waals surface area contributed by atoms with Crippen LogP contribution in [0.4, 0.5) is 0 Å². The van der Waals surface area contributed by atoms with Crippen LogP contribution < -0.4 is 5.73 Å². The van der Waals surface area contributed by atoms with Gasteiger partial charge >= 0.3 is 0 Å². The molecule has 0 spiro atoms. The number of nitrogens with zero attached hydrogens (tertiary/aromatic N) is 2. The first kappa shape index (κ1) is 16.7. The summed E-state index contributed by atoms with van der Waals surface area (Å²) in [7, 11) is 1.65. The van der Waals surface area contributed by atoms with E-state index in [1.54, 1.807) is 18.4 Å². The lowest BCUT2D eigenvalue weighted by atomic mass is 9.93. The number of halogens is 2. The molecule has 1 aliphatic heterocycles. The van der Waals surface area contributed by atoms with Gasteiger partial charge in [0.1, 0.15) is 5.54 Å². The lowest BCUT2D eigenvalue weighted by Crippen LogP contribution is -2.47. The summed E-state index contributed by atoms with van der Waals surface area (Å²) in [6.45, 7) is 1.96. The molecule has 0 bridgehead atoms. The smallest absolute Gasteiger partial charge is 0.231 e. The summed E-state index contributed by atoms with van der Waals surface area (Å²) < 4.78 is 2.02. The van der Waals surface area contributed by atoms with Crippen molar-refractivity contribution in [1.29, 1.82) is 0 Å². The molecule has 0 radical (unpaired) electrons. The normalized spacial score (nSPS) is 21.5. The standard InChI is InChI=1S/C16H15Br2N3OS/c1-16(7-14(22)21(2)15(19)20-16)13-5-10(8-23-13)9-3-11(17)6-12(18)4-9/h3-6,8H,7H2,1-2H3,(H2,19,20)/t16-/m0/s1. The Morgan fingerprint density at radius 3 is 2.48 bits per heavy atom. The zero-order chi connectivity index (χ0) is 16.8. The third-order valence-electron chi connectivity index (χ3n) is 3.90. The summed E-state index contributed by atoms with van der Waals surface area (Å²) in [5, 5.41) is 2.09. The van der Waals surface area contributed by atoms with E-state index in [1.165, 1.54) is 4.90 Å². The molecule has 23 heavy (non-hydrogen) atoms. The SMILES string of the molecule is CN1C(=O)C[C@@](C)(c2cc(-c3cc(Br)cc(Br)c3)cs2)N=C1N. The zero-order valence-electron chi connectivity index (χ0n) is 12.6. The summed E-state index contributed by atoms with van der Waals surface area (Å²) in [6.07, 6.45) is 0.326. The number of guanidine groups is 1. The Morgan fingerprint density at radius 1 is 1.22 bits per heavy atom. The highest BCUT2D eigenvalue weighted by Gasteiger charge is 2.37. The van der Waals surface area contributed by atoms with E-state index < -0.39 is 5.54 Å². The van der Waals surface area contributed by atoms with Crippen LogP contribution in [0, 0.1) is 0 Å². The van der Waals surface area contributed by atoms with Crippen molar-refractivity contribution in [3.63, 3.8) is 0 Å². The summed E-state index contributed by atoms with van der Waals surface area (Å²) >= 11 is 8.63. The predicted molar refractivity (Wildman–Crippen MR) is 102 cm³/mol. The Balaban J connectivity index is 2.00. The maximum Gasteiger partial charge on any atom is 0.231 e. The van der Waals surface area contributed by atoms with Gasteiger partial charge in [-0.3, -0.25) is 9.69 Å². The average molecular weight is 457 g/mol. The summed E-state index contributed by atoms with van der Waals surface area (Å²) in [6, 6.07) is 8.22. The molecule has 1 aliphatic rings. The molecule has 0 unspecified atom stereocenters. The van der Waals surface area contributed by atoms with E-state index in [0.29, 0.717) is 6.42 Å². The van der Waals surface area contributed by atoms with Crippen LogP contribution >= 0.6 is 43.2 Å². The fraction of sp³-hybridized carbons (Fsp3) is 0.250. The minimum absolute atomic E-state index is 0.0137. The Labute approximate surface area is 155 Å². The minimum atomic E-state index is -0.597. The number of aliphatic imine (C=N–C) groups is 1. The number of benzene rings is 1. The highest BCUT2D eigenvalue weighted by Crippen LogP contribution is 2.39. The Morgan fingerprint density at radius 2 is 1.87 bits per heavy atom. The van der Waals surface area contributed by atoms with Crippen molar-refractivity contribution in [2.24, 2.45) is 10.7 Å². The van der Waals surface area contributed by atoms with Gasteiger partial charge in [0.25, 0.3) is 0 Å². The molecule has 2 aromatic rings. The van der Waals surface area contributed by atoms with Crippen molar-refractivity contribution in [2.45, 2.75) is 18.9 Å². The molecule has 2 N–H and O–H groups in total. The second kappa shape index (κ2) is 6.03. The van der Waals surface area contributed by atoms with E-state index in [9.17, 15) is 4.79 Å². The number of thiophene rings is 1.